The molecule has 15 nitrogen and oxygen atoms in total. The maximum Gasteiger partial charge on any atom is 0.305 e. The predicted molar refractivity (Wildman–Crippen MR) is 119 cm³/mol. The molecule has 3 aliphatic heterocycles. The molecule has 3 aliphatic rings. The Morgan fingerprint density at radius 3 is 2.51 bits per heavy atom. The van der Waals surface area contributed by atoms with Gasteiger partial charge in [-0.15, -0.1) is 0 Å². The number of amides is 5. The van der Waals surface area contributed by atoms with Gasteiger partial charge in [-0.1, -0.05) is 0 Å². The van der Waals surface area contributed by atoms with Gasteiger partial charge in [0.1, 0.15) is 23.7 Å². The van der Waals surface area contributed by atoms with E-state index < -0.39 is 72.1 Å². The van der Waals surface area contributed by atoms with Crippen LogP contribution in [-0.4, -0.2) is 94.8 Å². The summed E-state index contributed by atoms with van der Waals surface area (Å²) >= 11 is 0. The molecule has 0 aromatic rings. The minimum absolute atomic E-state index is 0.0422. The molecule has 3 fully saturated rings. The molecular weight excluding hydrogens is 464 g/mol. The van der Waals surface area contributed by atoms with E-state index in [1.54, 1.807) is 0 Å². The largest absolute Gasteiger partial charge is 0.481 e. The van der Waals surface area contributed by atoms with Crippen molar-refractivity contribution < 1.29 is 33.9 Å². The number of aliphatic carboxylic acids is 1. The standard InChI is InChI=1S/C20H30N8O7/c21-19(22)23-5-1-3-10-15(32)24-9-13(29)25-11(7-14(30)31)16(33)26-12-8-20(18(35)27-10)4-2-6-28(20)17(12)34/h10-12H,1-9H2,(H,24,32)(H,25,29)(H,26,33)(H,27,35)(H,30,31)(H4,21,22,23)/t10-,11-,12?,20?/m0/s1. The second kappa shape index (κ2) is 10.6. The summed E-state index contributed by atoms with van der Waals surface area (Å²) in [4.78, 5) is 80.8. The minimum atomic E-state index is -1.47. The molecule has 192 valence electrons. The topological polar surface area (TPSA) is 238 Å². The van der Waals surface area contributed by atoms with Crippen molar-refractivity contribution in [1.82, 2.24) is 26.2 Å². The van der Waals surface area contributed by atoms with Gasteiger partial charge in [0.15, 0.2) is 5.96 Å². The van der Waals surface area contributed by atoms with E-state index in [1.165, 1.54) is 4.90 Å². The van der Waals surface area contributed by atoms with Gasteiger partial charge in [-0.3, -0.25) is 33.8 Å². The average Bonchev–Trinajstić information content (AvgIpc) is 3.31. The lowest BCUT2D eigenvalue weighted by molar-refractivity contribution is -0.141. The van der Waals surface area contributed by atoms with Crippen LogP contribution in [0.3, 0.4) is 0 Å². The van der Waals surface area contributed by atoms with Crippen molar-refractivity contribution in [3.63, 3.8) is 0 Å². The predicted octanol–water partition coefficient (Wildman–Crippen LogP) is -4.14. The van der Waals surface area contributed by atoms with Gasteiger partial charge < -0.3 is 42.7 Å². The molecule has 0 aliphatic carbocycles. The third kappa shape index (κ3) is 5.78. The van der Waals surface area contributed by atoms with E-state index in [0.29, 0.717) is 25.8 Å². The van der Waals surface area contributed by atoms with E-state index >= 15 is 0 Å². The molecule has 15 heteroatoms. The Bertz CT molecular complexity index is 950. The fourth-order valence-corrected chi connectivity index (χ4v) is 4.72. The molecule has 3 rings (SSSR count). The second-order valence-corrected chi connectivity index (χ2v) is 8.80. The molecule has 3 heterocycles. The van der Waals surface area contributed by atoms with Crippen LogP contribution >= 0.6 is 0 Å². The Hall–Kier alpha value is -3.91. The normalized spacial score (nSPS) is 29.3. The highest BCUT2D eigenvalue weighted by atomic mass is 16.4. The lowest BCUT2D eigenvalue weighted by atomic mass is 9.90. The molecule has 0 aromatic carbocycles. The first-order valence-electron chi connectivity index (χ1n) is 11.3. The number of hydrogen-bond donors (Lipinski definition) is 7. The van der Waals surface area contributed by atoms with Crippen LogP contribution in [0.25, 0.3) is 0 Å². The molecule has 3 saturated heterocycles. The molecule has 0 radical (unpaired) electrons. The molecule has 0 aromatic heterocycles. The van der Waals surface area contributed by atoms with E-state index in [0.717, 1.165) is 0 Å². The van der Waals surface area contributed by atoms with Crippen LogP contribution in [0, 0.1) is 0 Å². The number of nitrogens with two attached hydrogens (primary N) is 2. The van der Waals surface area contributed by atoms with Crippen molar-refractivity contribution in [3.05, 3.63) is 0 Å². The van der Waals surface area contributed by atoms with E-state index in [-0.39, 0.29) is 25.3 Å². The van der Waals surface area contributed by atoms with Gasteiger partial charge in [0, 0.05) is 19.5 Å². The van der Waals surface area contributed by atoms with Gasteiger partial charge in [-0.25, -0.2) is 0 Å². The smallest absolute Gasteiger partial charge is 0.305 e. The first-order valence-corrected chi connectivity index (χ1v) is 11.3. The molecule has 2 unspecified atom stereocenters. The summed E-state index contributed by atoms with van der Waals surface area (Å²) in [5, 5.41) is 19.0. The highest BCUT2D eigenvalue weighted by Crippen LogP contribution is 2.40. The summed E-state index contributed by atoms with van der Waals surface area (Å²) in [6, 6.07) is -3.58. The monoisotopic (exact) mass is 494 g/mol. The molecule has 0 saturated carbocycles. The second-order valence-electron chi connectivity index (χ2n) is 8.80. The number of carbonyl (C=O) groups is 6. The van der Waals surface area contributed by atoms with Crippen LogP contribution < -0.4 is 32.7 Å². The Kier molecular flexibility index (Phi) is 7.76. The fraction of sp³-hybridized carbons (Fsp3) is 0.650. The Morgan fingerprint density at radius 2 is 1.83 bits per heavy atom. The number of hydrogen-bond acceptors (Lipinski definition) is 7. The van der Waals surface area contributed by atoms with Gasteiger partial charge >= 0.3 is 5.97 Å². The lowest BCUT2D eigenvalue weighted by Gasteiger charge is -2.32. The molecule has 5 amide bonds. The number of nitrogens with zero attached hydrogens (tertiary/aromatic N) is 2. The first-order chi connectivity index (χ1) is 16.5. The van der Waals surface area contributed by atoms with Crippen LogP contribution in [0.5, 0.6) is 0 Å². The third-order valence-electron chi connectivity index (χ3n) is 6.35. The fourth-order valence-electron chi connectivity index (χ4n) is 4.72. The molecule has 4 atom stereocenters. The molecule has 2 bridgehead atoms. The van der Waals surface area contributed by atoms with Crippen LogP contribution in [-0.2, 0) is 28.8 Å². The van der Waals surface area contributed by atoms with Crippen molar-refractivity contribution in [1.29, 1.82) is 0 Å². The number of aliphatic imine (C=N–C) groups is 1. The van der Waals surface area contributed by atoms with Crippen LogP contribution in [0.4, 0.5) is 0 Å². The van der Waals surface area contributed by atoms with Crippen molar-refractivity contribution >= 4 is 41.5 Å². The van der Waals surface area contributed by atoms with Crippen molar-refractivity contribution in [2.75, 3.05) is 19.6 Å². The maximum absolute atomic E-state index is 13.4. The lowest BCUT2D eigenvalue weighted by Crippen LogP contribution is -2.58. The number of carbonyl (C=O) groups excluding carboxylic acids is 5. The number of nitrogens with one attached hydrogen (secondary N) is 4. The molecular formula is C20H30N8O7. The summed E-state index contributed by atoms with van der Waals surface area (Å²) in [5.74, 6) is -4.80. The van der Waals surface area contributed by atoms with Crippen LogP contribution in [0.1, 0.15) is 38.5 Å². The number of rotatable bonds is 6. The summed E-state index contributed by atoms with van der Waals surface area (Å²) in [5.41, 5.74) is 9.38. The van der Waals surface area contributed by atoms with Gasteiger partial charge in [-0.05, 0) is 25.7 Å². The number of fused-ring (bicyclic) bond motifs is 1. The summed E-state index contributed by atoms with van der Waals surface area (Å²) in [6.45, 7) is -0.0411. The van der Waals surface area contributed by atoms with Gasteiger partial charge in [0.05, 0.1) is 13.0 Å². The van der Waals surface area contributed by atoms with E-state index in [1.807, 2.05) is 0 Å². The minimum Gasteiger partial charge on any atom is -0.481 e. The zero-order valence-electron chi connectivity index (χ0n) is 19.0. The summed E-state index contributed by atoms with van der Waals surface area (Å²) < 4.78 is 0. The molecule has 1 spiro atoms. The third-order valence-corrected chi connectivity index (χ3v) is 6.35. The number of guanidine groups is 1. The van der Waals surface area contributed by atoms with E-state index in [9.17, 15) is 28.8 Å². The average molecular weight is 495 g/mol. The molecule has 35 heavy (non-hydrogen) atoms. The Balaban J connectivity index is 1.88. The first kappa shape index (κ1) is 25.7. The Morgan fingerprint density at radius 1 is 1.09 bits per heavy atom. The quantitative estimate of drug-likeness (QED) is 0.108. The van der Waals surface area contributed by atoms with E-state index in [2.05, 4.69) is 26.3 Å². The van der Waals surface area contributed by atoms with Crippen LogP contribution in [0.2, 0.25) is 0 Å². The highest BCUT2D eigenvalue weighted by Gasteiger charge is 2.58. The van der Waals surface area contributed by atoms with Gasteiger partial charge in [0.25, 0.3) is 0 Å². The number of carboxylic acid groups (broad SMARTS) is 1. The Labute approximate surface area is 200 Å². The highest BCUT2D eigenvalue weighted by molar-refractivity contribution is 6.02. The van der Waals surface area contributed by atoms with Gasteiger partial charge in [-0.2, -0.15) is 0 Å². The van der Waals surface area contributed by atoms with Crippen molar-refractivity contribution in [3.8, 4) is 0 Å². The SMILES string of the molecule is NC(N)=NCCC[C@@H]1NC(=O)C23CCCN2C(=O)C(C3)NC(=O)[C@H](CC(=O)O)NC(=O)CNC1=O. The maximum atomic E-state index is 13.4. The van der Waals surface area contributed by atoms with E-state index in [4.69, 9.17) is 16.6 Å². The zero-order chi connectivity index (χ0) is 25.8. The van der Waals surface area contributed by atoms with Crippen molar-refractivity contribution in [2.24, 2.45) is 16.5 Å². The van der Waals surface area contributed by atoms with Gasteiger partial charge in [0.2, 0.25) is 29.5 Å². The summed E-state index contributed by atoms with van der Waals surface area (Å²) in [7, 11) is 0. The van der Waals surface area contributed by atoms with Crippen LogP contribution in [0.15, 0.2) is 4.99 Å². The summed E-state index contributed by atoms with van der Waals surface area (Å²) in [6.07, 6.45) is 0.640. The molecule has 9 N–H and O–H groups in total. The number of carboxylic acids is 1. The zero-order valence-corrected chi connectivity index (χ0v) is 19.0. The van der Waals surface area contributed by atoms with Crippen molar-refractivity contribution in [2.45, 2.75) is 62.2 Å².